The highest BCUT2D eigenvalue weighted by molar-refractivity contribution is 5.86. The summed E-state index contributed by atoms with van der Waals surface area (Å²) in [6.07, 6.45) is 2.45. The van der Waals surface area contributed by atoms with Crippen LogP contribution in [-0.2, 0) is 6.42 Å². The van der Waals surface area contributed by atoms with Crippen molar-refractivity contribution in [3.05, 3.63) is 53.9 Å². The molecule has 1 aromatic carbocycles. The molecular formula is C14H14N2O2. The maximum atomic E-state index is 10.8. The van der Waals surface area contributed by atoms with Crippen LogP contribution in [0.15, 0.2) is 42.6 Å². The molecule has 2 aromatic rings. The van der Waals surface area contributed by atoms with Gasteiger partial charge in [-0.1, -0.05) is 19.1 Å². The molecule has 4 heteroatoms. The molecule has 0 saturated heterocycles. The van der Waals surface area contributed by atoms with Gasteiger partial charge in [-0.3, -0.25) is 0 Å². The smallest absolute Gasteiger partial charge is 0.354 e. The maximum Gasteiger partial charge on any atom is 0.354 e. The second-order valence-electron chi connectivity index (χ2n) is 3.91. The van der Waals surface area contributed by atoms with Crippen LogP contribution in [0.4, 0.5) is 11.4 Å². The Morgan fingerprint density at radius 2 is 2.06 bits per heavy atom. The SMILES string of the molecule is CCc1cccc(Nc2ccnc(C(=O)O)c2)c1. The van der Waals surface area contributed by atoms with Crippen LogP contribution >= 0.6 is 0 Å². The Morgan fingerprint density at radius 3 is 2.78 bits per heavy atom. The molecule has 0 aliphatic rings. The Morgan fingerprint density at radius 1 is 1.28 bits per heavy atom. The van der Waals surface area contributed by atoms with E-state index in [1.54, 1.807) is 6.07 Å². The average molecular weight is 242 g/mol. The van der Waals surface area contributed by atoms with Gasteiger partial charge in [0.15, 0.2) is 0 Å². The van der Waals surface area contributed by atoms with E-state index in [9.17, 15) is 4.79 Å². The highest BCUT2D eigenvalue weighted by atomic mass is 16.4. The molecule has 92 valence electrons. The maximum absolute atomic E-state index is 10.8. The van der Waals surface area contributed by atoms with E-state index < -0.39 is 5.97 Å². The molecule has 0 aliphatic heterocycles. The number of hydrogen-bond donors (Lipinski definition) is 2. The van der Waals surface area contributed by atoms with Crippen LogP contribution in [0.5, 0.6) is 0 Å². The van der Waals surface area contributed by atoms with Gasteiger partial charge in [0, 0.05) is 17.6 Å². The number of carboxylic acid groups (broad SMARTS) is 1. The van der Waals surface area contributed by atoms with Crippen LogP contribution in [0.2, 0.25) is 0 Å². The highest BCUT2D eigenvalue weighted by Crippen LogP contribution is 2.18. The molecular weight excluding hydrogens is 228 g/mol. The molecule has 0 amide bonds. The lowest BCUT2D eigenvalue weighted by Gasteiger charge is -2.08. The van der Waals surface area contributed by atoms with Crippen molar-refractivity contribution in [2.24, 2.45) is 0 Å². The molecule has 4 nitrogen and oxygen atoms in total. The first kappa shape index (κ1) is 12.1. The molecule has 2 rings (SSSR count). The van der Waals surface area contributed by atoms with Crippen LogP contribution < -0.4 is 5.32 Å². The molecule has 18 heavy (non-hydrogen) atoms. The Balaban J connectivity index is 2.22. The minimum atomic E-state index is -1.03. The van der Waals surface area contributed by atoms with Crippen LogP contribution in [-0.4, -0.2) is 16.1 Å². The number of aromatic carboxylic acids is 1. The van der Waals surface area contributed by atoms with Crippen molar-refractivity contribution in [2.45, 2.75) is 13.3 Å². The van der Waals surface area contributed by atoms with Gasteiger partial charge in [-0.2, -0.15) is 0 Å². The van der Waals surface area contributed by atoms with Crippen LogP contribution in [0, 0.1) is 0 Å². The minimum absolute atomic E-state index is 0.0339. The van der Waals surface area contributed by atoms with Crippen molar-refractivity contribution in [1.82, 2.24) is 4.98 Å². The van der Waals surface area contributed by atoms with E-state index in [-0.39, 0.29) is 5.69 Å². The first-order chi connectivity index (χ1) is 8.69. The van der Waals surface area contributed by atoms with E-state index in [0.29, 0.717) is 0 Å². The number of nitrogens with zero attached hydrogens (tertiary/aromatic N) is 1. The molecule has 0 radical (unpaired) electrons. The van der Waals surface area contributed by atoms with Crippen LogP contribution in [0.1, 0.15) is 23.0 Å². The van der Waals surface area contributed by atoms with Crippen molar-refractivity contribution >= 4 is 17.3 Å². The van der Waals surface area contributed by atoms with E-state index in [4.69, 9.17) is 5.11 Å². The Labute approximate surface area is 105 Å². The number of anilines is 2. The number of carboxylic acids is 1. The molecule has 2 N–H and O–H groups in total. The van der Waals surface area contributed by atoms with E-state index in [0.717, 1.165) is 17.8 Å². The summed E-state index contributed by atoms with van der Waals surface area (Å²) in [5.41, 5.74) is 2.92. The molecule has 0 saturated carbocycles. The third kappa shape index (κ3) is 2.85. The predicted octanol–water partition coefficient (Wildman–Crippen LogP) is 3.09. The zero-order valence-electron chi connectivity index (χ0n) is 10.1. The first-order valence-corrected chi connectivity index (χ1v) is 5.74. The predicted molar refractivity (Wildman–Crippen MR) is 70.3 cm³/mol. The first-order valence-electron chi connectivity index (χ1n) is 5.74. The third-order valence-electron chi connectivity index (χ3n) is 2.60. The number of aromatic nitrogens is 1. The van der Waals surface area contributed by atoms with Crippen molar-refractivity contribution in [3.8, 4) is 0 Å². The van der Waals surface area contributed by atoms with Crippen molar-refractivity contribution in [2.75, 3.05) is 5.32 Å². The van der Waals surface area contributed by atoms with E-state index in [1.807, 2.05) is 18.2 Å². The summed E-state index contributed by atoms with van der Waals surface area (Å²) in [5, 5.41) is 12.0. The van der Waals surface area contributed by atoms with Crippen molar-refractivity contribution in [1.29, 1.82) is 0 Å². The summed E-state index contributed by atoms with van der Waals surface area (Å²) >= 11 is 0. The average Bonchev–Trinajstić information content (AvgIpc) is 2.39. The second-order valence-corrected chi connectivity index (χ2v) is 3.91. The fourth-order valence-electron chi connectivity index (χ4n) is 1.66. The molecule has 1 aromatic heterocycles. The summed E-state index contributed by atoms with van der Waals surface area (Å²) in [6.45, 7) is 2.09. The standard InChI is InChI=1S/C14H14N2O2/c1-2-10-4-3-5-11(8-10)16-12-6-7-15-13(9-12)14(17)18/h3-9H,2H2,1H3,(H,15,16)(H,17,18). The van der Waals surface area contributed by atoms with Gasteiger partial charge >= 0.3 is 5.97 Å². The van der Waals surface area contributed by atoms with E-state index in [2.05, 4.69) is 23.3 Å². The molecule has 0 aliphatic carbocycles. The van der Waals surface area contributed by atoms with Gasteiger partial charge in [0.2, 0.25) is 0 Å². The minimum Gasteiger partial charge on any atom is -0.477 e. The second kappa shape index (κ2) is 5.31. The Kier molecular flexibility index (Phi) is 3.57. The molecule has 0 fully saturated rings. The monoisotopic (exact) mass is 242 g/mol. The quantitative estimate of drug-likeness (QED) is 0.864. The van der Waals surface area contributed by atoms with Crippen molar-refractivity contribution < 1.29 is 9.90 Å². The summed E-state index contributed by atoms with van der Waals surface area (Å²) in [5.74, 6) is -1.03. The van der Waals surface area contributed by atoms with Gasteiger partial charge in [-0.05, 0) is 36.2 Å². The van der Waals surface area contributed by atoms with Gasteiger partial charge in [0.25, 0.3) is 0 Å². The Bertz CT molecular complexity index is 567. The number of aryl methyl sites for hydroxylation is 1. The molecule has 0 bridgehead atoms. The lowest BCUT2D eigenvalue weighted by Crippen LogP contribution is -2.01. The number of hydrogen-bond acceptors (Lipinski definition) is 3. The molecule has 0 unspecified atom stereocenters. The third-order valence-corrected chi connectivity index (χ3v) is 2.60. The number of benzene rings is 1. The summed E-state index contributed by atoms with van der Waals surface area (Å²) in [7, 11) is 0. The van der Waals surface area contributed by atoms with E-state index in [1.165, 1.54) is 17.8 Å². The topological polar surface area (TPSA) is 62.2 Å². The highest BCUT2D eigenvalue weighted by Gasteiger charge is 2.05. The summed E-state index contributed by atoms with van der Waals surface area (Å²) < 4.78 is 0. The van der Waals surface area contributed by atoms with Gasteiger partial charge in [0.1, 0.15) is 5.69 Å². The van der Waals surface area contributed by atoms with Gasteiger partial charge in [-0.25, -0.2) is 9.78 Å². The fourth-order valence-corrected chi connectivity index (χ4v) is 1.66. The number of pyridine rings is 1. The van der Waals surface area contributed by atoms with Crippen LogP contribution in [0.3, 0.4) is 0 Å². The number of rotatable bonds is 4. The summed E-state index contributed by atoms with van der Waals surface area (Å²) in [4.78, 5) is 14.6. The molecule has 0 atom stereocenters. The van der Waals surface area contributed by atoms with Gasteiger partial charge in [0.05, 0.1) is 0 Å². The normalized spacial score (nSPS) is 10.1. The number of carbonyl (C=O) groups is 1. The lowest BCUT2D eigenvalue weighted by molar-refractivity contribution is 0.0690. The largest absolute Gasteiger partial charge is 0.477 e. The molecule has 1 heterocycles. The number of nitrogens with one attached hydrogen (secondary N) is 1. The zero-order valence-corrected chi connectivity index (χ0v) is 10.1. The summed E-state index contributed by atoms with van der Waals surface area (Å²) in [6, 6.07) is 11.3. The lowest BCUT2D eigenvalue weighted by atomic mass is 10.1. The molecule has 0 spiro atoms. The van der Waals surface area contributed by atoms with Gasteiger partial charge in [-0.15, -0.1) is 0 Å². The zero-order chi connectivity index (χ0) is 13.0. The van der Waals surface area contributed by atoms with Crippen molar-refractivity contribution in [3.63, 3.8) is 0 Å². The van der Waals surface area contributed by atoms with E-state index >= 15 is 0 Å². The Hall–Kier alpha value is -2.36. The van der Waals surface area contributed by atoms with Gasteiger partial charge < -0.3 is 10.4 Å². The fraction of sp³-hybridized carbons (Fsp3) is 0.143. The van der Waals surface area contributed by atoms with Crippen LogP contribution in [0.25, 0.3) is 0 Å².